The molecule has 74 valence electrons. The first-order valence-electron chi connectivity index (χ1n) is 4.57. The molecule has 0 N–H and O–H groups in total. The molecule has 1 aromatic carbocycles. The summed E-state index contributed by atoms with van der Waals surface area (Å²) in [5.41, 5.74) is 1.47. The van der Waals surface area contributed by atoms with Crippen molar-refractivity contribution in [2.75, 3.05) is 0 Å². The molecular formula is C12H14FN. The summed E-state index contributed by atoms with van der Waals surface area (Å²) in [5, 5.41) is 8.95. The molecule has 0 atom stereocenters. The van der Waals surface area contributed by atoms with Gasteiger partial charge >= 0.3 is 0 Å². The molecule has 0 aliphatic rings. The van der Waals surface area contributed by atoms with Crippen LogP contribution in [-0.2, 0) is 5.41 Å². The van der Waals surface area contributed by atoms with Gasteiger partial charge in [-0.15, -0.1) is 0 Å². The van der Waals surface area contributed by atoms with Crippen LogP contribution in [0.3, 0.4) is 0 Å². The van der Waals surface area contributed by atoms with E-state index in [4.69, 9.17) is 5.26 Å². The molecule has 2 heteroatoms. The second-order valence-corrected chi connectivity index (χ2v) is 4.18. The number of aryl methyl sites for hydroxylation is 2. The normalized spacial score (nSPS) is 11.1. The van der Waals surface area contributed by atoms with E-state index < -0.39 is 5.41 Å². The van der Waals surface area contributed by atoms with Crippen molar-refractivity contribution in [1.29, 1.82) is 5.26 Å². The minimum atomic E-state index is -0.762. The first-order chi connectivity index (χ1) is 6.38. The number of hydrogen-bond acceptors (Lipinski definition) is 1. The zero-order chi connectivity index (χ0) is 10.9. The van der Waals surface area contributed by atoms with E-state index in [0.717, 1.165) is 11.1 Å². The molecule has 0 fully saturated rings. The maximum atomic E-state index is 13.6. The lowest BCUT2D eigenvalue weighted by Crippen LogP contribution is -2.18. The fourth-order valence-electron chi connectivity index (χ4n) is 1.76. The summed E-state index contributed by atoms with van der Waals surface area (Å²) in [5.74, 6) is -0.283. The SMILES string of the molecule is Cc1cc(C)c(C(C)(C)C#N)c(F)c1. The molecule has 0 radical (unpaired) electrons. The summed E-state index contributed by atoms with van der Waals surface area (Å²) in [7, 11) is 0. The van der Waals surface area contributed by atoms with Crippen molar-refractivity contribution >= 4 is 0 Å². The van der Waals surface area contributed by atoms with Crippen LogP contribution < -0.4 is 0 Å². The maximum absolute atomic E-state index is 13.6. The van der Waals surface area contributed by atoms with Gasteiger partial charge in [0.1, 0.15) is 5.82 Å². The molecule has 0 aliphatic heterocycles. The molecular weight excluding hydrogens is 177 g/mol. The Morgan fingerprint density at radius 1 is 1.29 bits per heavy atom. The van der Waals surface area contributed by atoms with Crippen LogP contribution in [-0.4, -0.2) is 0 Å². The maximum Gasteiger partial charge on any atom is 0.128 e. The van der Waals surface area contributed by atoms with Crippen molar-refractivity contribution in [1.82, 2.24) is 0 Å². The summed E-state index contributed by atoms with van der Waals surface area (Å²) in [6.07, 6.45) is 0. The first-order valence-corrected chi connectivity index (χ1v) is 4.57. The molecule has 0 saturated carbocycles. The molecule has 0 aliphatic carbocycles. The zero-order valence-corrected chi connectivity index (χ0v) is 8.98. The Morgan fingerprint density at radius 2 is 1.86 bits per heavy atom. The molecule has 0 spiro atoms. The molecule has 0 unspecified atom stereocenters. The lowest BCUT2D eigenvalue weighted by atomic mass is 9.82. The summed E-state index contributed by atoms with van der Waals surface area (Å²) in [4.78, 5) is 0. The van der Waals surface area contributed by atoms with Crippen molar-refractivity contribution in [2.24, 2.45) is 0 Å². The second kappa shape index (κ2) is 3.42. The Hall–Kier alpha value is -1.36. The lowest BCUT2D eigenvalue weighted by Gasteiger charge is -2.19. The van der Waals surface area contributed by atoms with Gasteiger partial charge in [0.05, 0.1) is 11.5 Å². The van der Waals surface area contributed by atoms with Crippen LogP contribution in [0.4, 0.5) is 4.39 Å². The Kier molecular flexibility index (Phi) is 2.62. The van der Waals surface area contributed by atoms with Crippen molar-refractivity contribution in [3.63, 3.8) is 0 Å². The van der Waals surface area contributed by atoms with Crippen LogP contribution in [0.1, 0.15) is 30.5 Å². The standard InChI is InChI=1S/C12H14FN/c1-8-5-9(2)11(10(13)6-8)12(3,4)7-14/h5-6H,1-4H3. The van der Waals surface area contributed by atoms with E-state index in [1.807, 2.05) is 19.9 Å². The number of rotatable bonds is 1. The van der Waals surface area contributed by atoms with Crippen LogP contribution in [0.5, 0.6) is 0 Å². The van der Waals surface area contributed by atoms with E-state index in [0.29, 0.717) is 5.56 Å². The molecule has 1 rings (SSSR count). The first kappa shape index (κ1) is 10.7. The third kappa shape index (κ3) is 1.77. The fraction of sp³-hybridized carbons (Fsp3) is 0.417. The van der Waals surface area contributed by atoms with Gasteiger partial charge in [0.2, 0.25) is 0 Å². The molecule has 0 saturated heterocycles. The van der Waals surface area contributed by atoms with Crippen molar-refractivity contribution in [2.45, 2.75) is 33.1 Å². The number of hydrogen-bond donors (Lipinski definition) is 0. The van der Waals surface area contributed by atoms with Crippen molar-refractivity contribution in [3.05, 3.63) is 34.6 Å². The van der Waals surface area contributed by atoms with E-state index in [-0.39, 0.29) is 5.82 Å². The van der Waals surface area contributed by atoms with Crippen LogP contribution >= 0.6 is 0 Å². The van der Waals surface area contributed by atoms with E-state index in [2.05, 4.69) is 6.07 Å². The van der Waals surface area contributed by atoms with Gasteiger partial charge in [0.25, 0.3) is 0 Å². The monoisotopic (exact) mass is 191 g/mol. The average molecular weight is 191 g/mol. The highest BCUT2D eigenvalue weighted by molar-refractivity contribution is 5.40. The molecule has 14 heavy (non-hydrogen) atoms. The summed E-state index contributed by atoms with van der Waals surface area (Å²) < 4.78 is 13.6. The zero-order valence-electron chi connectivity index (χ0n) is 8.98. The molecule has 0 bridgehead atoms. The van der Waals surface area contributed by atoms with Crippen LogP contribution in [0.25, 0.3) is 0 Å². The van der Waals surface area contributed by atoms with Gasteiger partial charge in [-0.1, -0.05) is 6.07 Å². The Morgan fingerprint density at radius 3 is 2.29 bits per heavy atom. The molecule has 1 aromatic rings. The second-order valence-electron chi connectivity index (χ2n) is 4.18. The minimum Gasteiger partial charge on any atom is -0.207 e. The average Bonchev–Trinajstić information content (AvgIpc) is 2.01. The highest BCUT2D eigenvalue weighted by atomic mass is 19.1. The van der Waals surface area contributed by atoms with E-state index in [1.165, 1.54) is 6.07 Å². The van der Waals surface area contributed by atoms with Gasteiger partial charge in [0.15, 0.2) is 0 Å². The number of halogens is 1. The van der Waals surface area contributed by atoms with Gasteiger partial charge in [-0.25, -0.2) is 4.39 Å². The molecule has 1 nitrogen and oxygen atoms in total. The smallest absolute Gasteiger partial charge is 0.128 e. The highest BCUT2D eigenvalue weighted by Gasteiger charge is 2.25. The van der Waals surface area contributed by atoms with E-state index in [9.17, 15) is 4.39 Å². The summed E-state index contributed by atoms with van der Waals surface area (Å²) in [6.45, 7) is 7.14. The molecule has 0 heterocycles. The number of nitrogens with zero attached hydrogens (tertiary/aromatic N) is 1. The predicted octanol–water partition coefficient (Wildman–Crippen LogP) is 3.24. The minimum absolute atomic E-state index is 0.283. The van der Waals surface area contributed by atoms with Gasteiger partial charge in [-0.05, 0) is 44.9 Å². The predicted molar refractivity (Wildman–Crippen MR) is 54.5 cm³/mol. The number of nitriles is 1. The molecule has 0 aromatic heterocycles. The largest absolute Gasteiger partial charge is 0.207 e. The summed E-state index contributed by atoms with van der Waals surface area (Å²) in [6, 6.07) is 5.49. The summed E-state index contributed by atoms with van der Waals surface area (Å²) >= 11 is 0. The topological polar surface area (TPSA) is 23.8 Å². The molecule has 0 amide bonds. The van der Waals surface area contributed by atoms with E-state index in [1.54, 1.807) is 13.8 Å². The van der Waals surface area contributed by atoms with Gasteiger partial charge in [-0.3, -0.25) is 0 Å². The lowest BCUT2D eigenvalue weighted by molar-refractivity contribution is 0.560. The quantitative estimate of drug-likeness (QED) is 0.668. The Labute approximate surface area is 84.2 Å². The van der Waals surface area contributed by atoms with Crippen molar-refractivity contribution in [3.8, 4) is 6.07 Å². The third-order valence-electron chi connectivity index (χ3n) is 2.34. The van der Waals surface area contributed by atoms with Crippen molar-refractivity contribution < 1.29 is 4.39 Å². The number of benzene rings is 1. The van der Waals surface area contributed by atoms with Gasteiger partial charge in [-0.2, -0.15) is 5.26 Å². The van der Waals surface area contributed by atoms with Gasteiger partial charge < -0.3 is 0 Å². The Bertz CT molecular complexity index is 376. The highest BCUT2D eigenvalue weighted by Crippen LogP contribution is 2.28. The van der Waals surface area contributed by atoms with E-state index >= 15 is 0 Å². The van der Waals surface area contributed by atoms with Gasteiger partial charge in [0, 0.05) is 5.56 Å². The van der Waals surface area contributed by atoms with Crippen LogP contribution in [0.15, 0.2) is 12.1 Å². The Balaban J connectivity index is 3.44. The van der Waals surface area contributed by atoms with Crippen LogP contribution in [0.2, 0.25) is 0 Å². The van der Waals surface area contributed by atoms with Crippen LogP contribution in [0, 0.1) is 31.0 Å². The fourth-order valence-corrected chi connectivity index (χ4v) is 1.76. The third-order valence-corrected chi connectivity index (χ3v) is 2.34.